The van der Waals surface area contributed by atoms with Crippen LogP contribution >= 0.6 is 11.8 Å². The predicted molar refractivity (Wildman–Crippen MR) is 97.5 cm³/mol. The summed E-state index contributed by atoms with van der Waals surface area (Å²) in [5, 5.41) is 15.6. The number of aryl methyl sites for hydroxylation is 3. The van der Waals surface area contributed by atoms with Crippen molar-refractivity contribution in [3.05, 3.63) is 53.3 Å². The maximum absolute atomic E-state index is 11.9. The van der Waals surface area contributed by atoms with Crippen LogP contribution in [0.1, 0.15) is 16.9 Å². The number of aromatic nitrogens is 3. The van der Waals surface area contributed by atoms with E-state index in [1.165, 1.54) is 17.3 Å². The third-order valence-electron chi connectivity index (χ3n) is 3.56. The summed E-state index contributed by atoms with van der Waals surface area (Å²) >= 11 is 1.32. The van der Waals surface area contributed by atoms with Crippen molar-refractivity contribution in [2.24, 2.45) is 0 Å². The molecule has 0 aliphatic carbocycles. The van der Waals surface area contributed by atoms with E-state index in [0.717, 1.165) is 16.8 Å². The summed E-state index contributed by atoms with van der Waals surface area (Å²) in [6.07, 6.45) is 0. The number of thioether (sulfide) groups is 1. The van der Waals surface area contributed by atoms with Gasteiger partial charge in [-0.2, -0.15) is 0 Å². The van der Waals surface area contributed by atoms with E-state index in [4.69, 9.17) is 4.52 Å². The van der Waals surface area contributed by atoms with Gasteiger partial charge in [0, 0.05) is 11.6 Å². The second-order valence-corrected chi connectivity index (χ2v) is 6.73. The lowest BCUT2D eigenvalue weighted by Gasteiger charge is -2.06. The molecule has 1 aromatic carbocycles. The molecule has 3 rings (SSSR count). The zero-order valence-corrected chi connectivity index (χ0v) is 15.1. The molecule has 0 aliphatic rings. The Morgan fingerprint density at radius 1 is 1.12 bits per heavy atom. The van der Waals surface area contributed by atoms with Crippen LogP contribution in [0.3, 0.4) is 0 Å². The van der Waals surface area contributed by atoms with E-state index in [9.17, 15) is 4.79 Å². The van der Waals surface area contributed by atoms with E-state index < -0.39 is 0 Å². The molecule has 0 fully saturated rings. The first-order chi connectivity index (χ1) is 12.0. The summed E-state index contributed by atoms with van der Waals surface area (Å²) in [5.41, 5.74) is 4.24. The Morgan fingerprint density at radius 3 is 2.64 bits per heavy atom. The number of hydrogen-bond acceptors (Lipinski definition) is 6. The Kier molecular flexibility index (Phi) is 5.14. The monoisotopic (exact) mass is 354 g/mol. The Morgan fingerprint density at radius 2 is 1.96 bits per heavy atom. The number of carbonyl (C=O) groups is 1. The van der Waals surface area contributed by atoms with Gasteiger partial charge in [0.25, 0.3) is 0 Å². The zero-order valence-electron chi connectivity index (χ0n) is 14.2. The minimum absolute atomic E-state index is 0.168. The fraction of sp³-hybridized carbons (Fsp3) is 0.222. The van der Waals surface area contributed by atoms with Gasteiger partial charge < -0.3 is 9.84 Å². The predicted octanol–water partition coefficient (Wildman–Crippen LogP) is 3.79. The Labute approximate surface area is 150 Å². The minimum Gasteiger partial charge on any atom is -0.360 e. The van der Waals surface area contributed by atoms with Gasteiger partial charge in [-0.3, -0.25) is 4.79 Å². The Balaban J connectivity index is 1.61. The van der Waals surface area contributed by atoms with Crippen LogP contribution in [-0.4, -0.2) is 27.0 Å². The highest BCUT2D eigenvalue weighted by atomic mass is 32.2. The lowest BCUT2D eigenvalue weighted by molar-refractivity contribution is -0.113. The lowest BCUT2D eigenvalue weighted by atomic mass is 10.0. The van der Waals surface area contributed by atoms with Crippen molar-refractivity contribution in [1.29, 1.82) is 0 Å². The van der Waals surface area contributed by atoms with Crippen LogP contribution in [0.15, 0.2) is 45.9 Å². The Hall–Kier alpha value is -2.67. The molecule has 0 saturated heterocycles. The average Bonchev–Trinajstić information content (AvgIpc) is 3.00. The second kappa shape index (κ2) is 7.48. The second-order valence-electron chi connectivity index (χ2n) is 5.73. The number of nitrogens with zero attached hydrogens (tertiary/aromatic N) is 3. The molecule has 0 unspecified atom stereocenters. The molecular weight excluding hydrogens is 336 g/mol. The molecule has 0 aliphatic heterocycles. The number of nitrogens with one attached hydrogen (secondary N) is 1. The normalized spacial score (nSPS) is 10.7. The van der Waals surface area contributed by atoms with Gasteiger partial charge in [-0.25, -0.2) is 0 Å². The molecule has 3 aromatic rings. The summed E-state index contributed by atoms with van der Waals surface area (Å²) < 4.78 is 4.91. The maximum Gasteiger partial charge on any atom is 0.236 e. The van der Waals surface area contributed by atoms with Crippen LogP contribution in [0, 0.1) is 20.8 Å². The molecule has 2 heterocycles. The maximum atomic E-state index is 11.9. The van der Waals surface area contributed by atoms with Crippen molar-refractivity contribution in [1.82, 2.24) is 15.4 Å². The molecule has 0 atom stereocenters. The number of anilines is 1. The highest BCUT2D eigenvalue weighted by molar-refractivity contribution is 7.99. The van der Waals surface area contributed by atoms with Crippen LogP contribution < -0.4 is 5.32 Å². The van der Waals surface area contributed by atoms with Gasteiger partial charge in [0.2, 0.25) is 5.91 Å². The van der Waals surface area contributed by atoms with Crippen molar-refractivity contribution in [3.8, 4) is 11.3 Å². The van der Waals surface area contributed by atoms with Crippen LogP contribution in [0.25, 0.3) is 11.3 Å². The van der Waals surface area contributed by atoms with Crippen LogP contribution in [0.4, 0.5) is 5.82 Å². The molecule has 0 spiro atoms. The van der Waals surface area contributed by atoms with Crippen molar-refractivity contribution in [3.63, 3.8) is 0 Å². The molecule has 25 heavy (non-hydrogen) atoms. The number of benzene rings is 1. The quantitative estimate of drug-likeness (QED) is 0.702. The fourth-order valence-electron chi connectivity index (χ4n) is 2.30. The minimum atomic E-state index is -0.168. The Bertz CT molecular complexity index is 890. The summed E-state index contributed by atoms with van der Waals surface area (Å²) in [6, 6.07) is 11.7. The highest BCUT2D eigenvalue weighted by Gasteiger charge is 2.09. The summed E-state index contributed by atoms with van der Waals surface area (Å²) in [7, 11) is 0. The fourth-order valence-corrected chi connectivity index (χ4v) is 2.91. The van der Waals surface area contributed by atoms with Crippen LogP contribution in [-0.2, 0) is 4.79 Å². The summed E-state index contributed by atoms with van der Waals surface area (Å²) in [6.45, 7) is 5.87. The molecule has 0 saturated carbocycles. The molecule has 1 amide bonds. The van der Waals surface area contributed by atoms with Gasteiger partial charge in [0.1, 0.15) is 10.8 Å². The van der Waals surface area contributed by atoms with Gasteiger partial charge in [0.05, 0.1) is 11.4 Å². The molecule has 7 heteroatoms. The first kappa shape index (κ1) is 17.2. The number of carbonyl (C=O) groups excluding carboxylic acids is 1. The van der Waals surface area contributed by atoms with Gasteiger partial charge in [-0.1, -0.05) is 34.6 Å². The van der Waals surface area contributed by atoms with Crippen molar-refractivity contribution in [2.75, 3.05) is 11.1 Å². The summed E-state index contributed by atoms with van der Waals surface area (Å²) in [5.74, 6) is 1.12. The third-order valence-corrected chi connectivity index (χ3v) is 4.48. The molecule has 0 bridgehead atoms. The molecular formula is C18H18N4O2S. The lowest BCUT2D eigenvalue weighted by Crippen LogP contribution is -2.14. The molecule has 128 valence electrons. The van der Waals surface area contributed by atoms with E-state index in [0.29, 0.717) is 16.6 Å². The van der Waals surface area contributed by atoms with E-state index in [1.54, 1.807) is 13.0 Å². The van der Waals surface area contributed by atoms with Crippen LogP contribution in [0.2, 0.25) is 0 Å². The van der Waals surface area contributed by atoms with E-state index in [-0.39, 0.29) is 11.7 Å². The van der Waals surface area contributed by atoms with E-state index in [1.807, 2.05) is 12.1 Å². The first-order valence-electron chi connectivity index (χ1n) is 7.78. The molecule has 1 N–H and O–H groups in total. The SMILES string of the molecule is Cc1ccc(C)c(-c2ccc(SCC(=O)Nc3cc(C)on3)nn2)c1. The van der Waals surface area contributed by atoms with Crippen molar-refractivity contribution < 1.29 is 9.32 Å². The number of rotatable bonds is 5. The van der Waals surface area contributed by atoms with Crippen LogP contribution in [0.5, 0.6) is 0 Å². The molecule has 0 radical (unpaired) electrons. The highest BCUT2D eigenvalue weighted by Crippen LogP contribution is 2.24. The van der Waals surface area contributed by atoms with Gasteiger partial charge in [-0.15, -0.1) is 10.2 Å². The topological polar surface area (TPSA) is 80.9 Å². The number of amides is 1. The first-order valence-corrected chi connectivity index (χ1v) is 8.77. The smallest absolute Gasteiger partial charge is 0.236 e. The average molecular weight is 354 g/mol. The van der Waals surface area contributed by atoms with Gasteiger partial charge in [0.15, 0.2) is 5.82 Å². The van der Waals surface area contributed by atoms with Crippen molar-refractivity contribution in [2.45, 2.75) is 25.8 Å². The zero-order chi connectivity index (χ0) is 17.8. The van der Waals surface area contributed by atoms with Crippen molar-refractivity contribution >= 4 is 23.5 Å². The molecule has 2 aromatic heterocycles. The molecule has 6 nitrogen and oxygen atoms in total. The van der Waals surface area contributed by atoms with E-state index >= 15 is 0 Å². The van der Waals surface area contributed by atoms with E-state index in [2.05, 4.69) is 52.7 Å². The summed E-state index contributed by atoms with van der Waals surface area (Å²) in [4.78, 5) is 11.9. The van der Waals surface area contributed by atoms with Gasteiger partial charge in [-0.05, 0) is 44.5 Å². The van der Waals surface area contributed by atoms with Gasteiger partial charge >= 0.3 is 0 Å². The third kappa shape index (κ3) is 4.45. The number of hydrogen-bond donors (Lipinski definition) is 1. The standard InChI is InChI=1S/C18H18N4O2S/c1-11-4-5-12(2)14(8-11)15-6-7-18(21-20-15)25-10-17(23)19-16-9-13(3)24-22-16/h4-9H,10H2,1-3H3,(H,19,22,23). The largest absolute Gasteiger partial charge is 0.360 e.